The molecule has 2 aromatic rings. The molecule has 1 aromatic carbocycles. The zero-order valence-corrected chi connectivity index (χ0v) is 13.1. The molecule has 1 atom stereocenters. The summed E-state index contributed by atoms with van der Waals surface area (Å²) in [5.74, 6) is 0. The van der Waals surface area contributed by atoms with Crippen molar-refractivity contribution in [1.29, 1.82) is 0 Å². The van der Waals surface area contributed by atoms with Crippen molar-refractivity contribution in [2.75, 3.05) is 5.32 Å². The third kappa shape index (κ3) is 3.46. The molecule has 19 heavy (non-hydrogen) atoms. The van der Waals surface area contributed by atoms with Crippen molar-refractivity contribution in [2.24, 2.45) is 0 Å². The lowest BCUT2D eigenvalue weighted by Crippen LogP contribution is -2.07. The summed E-state index contributed by atoms with van der Waals surface area (Å²) >= 11 is 10.9. The van der Waals surface area contributed by atoms with Crippen molar-refractivity contribution in [1.82, 2.24) is 0 Å². The van der Waals surface area contributed by atoms with Crippen molar-refractivity contribution < 1.29 is 4.92 Å². The Hall–Kier alpha value is -1.11. The summed E-state index contributed by atoms with van der Waals surface area (Å²) in [6.07, 6.45) is 0. The second-order valence-electron chi connectivity index (χ2n) is 3.95. The van der Waals surface area contributed by atoms with Crippen LogP contribution < -0.4 is 5.32 Å². The van der Waals surface area contributed by atoms with Gasteiger partial charge in [0.25, 0.3) is 5.69 Å². The van der Waals surface area contributed by atoms with E-state index >= 15 is 0 Å². The third-order valence-electron chi connectivity index (χ3n) is 2.54. The van der Waals surface area contributed by atoms with Crippen molar-refractivity contribution in [3.05, 3.63) is 54.1 Å². The Morgan fingerprint density at radius 1 is 1.47 bits per heavy atom. The lowest BCUT2D eigenvalue weighted by Gasteiger charge is -2.14. The molecule has 2 rings (SSSR count). The van der Waals surface area contributed by atoms with Crippen molar-refractivity contribution in [3.8, 4) is 0 Å². The highest BCUT2D eigenvalue weighted by Gasteiger charge is 2.17. The highest BCUT2D eigenvalue weighted by atomic mass is 79.9. The van der Waals surface area contributed by atoms with Gasteiger partial charge in [0.05, 0.1) is 11.0 Å². The minimum Gasteiger partial charge on any atom is -0.372 e. The van der Waals surface area contributed by atoms with Crippen molar-refractivity contribution in [2.45, 2.75) is 13.0 Å². The van der Waals surface area contributed by atoms with Gasteiger partial charge in [0.2, 0.25) is 0 Å². The number of nitrogens with zero attached hydrogens (tertiary/aromatic N) is 1. The Labute approximate surface area is 127 Å². The Morgan fingerprint density at radius 2 is 2.21 bits per heavy atom. The Bertz CT molecular complexity index is 618. The van der Waals surface area contributed by atoms with Crippen LogP contribution in [-0.4, -0.2) is 4.92 Å². The molecular weight excluding hydrogens is 352 g/mol. The lowest BCUT2D eigenvalue weighted by atomic mass is 10.2. The van der Waals surface area contributed by atoms with E-state index in [2.05, 4.69) is 21.2 Å². The first-order chi connectivity index (χ1) is 8.97. The van der Waals surface area contributed by atoms with Gasteiger partial charge in [-0.3, -0.25) is 10.1 Å². The maximum absolute atomic E-state index is 11.0. The van der Waals surface area contributed by atoms with Crippen LogP contribution >= 0.6 is 38.9 Å². The van der Waals surface area contributed by atoms with E-state index in [9.17, 15) is 10.1 Å². The largest absolute Gasteiger partial charge is 0.372 e. The molecule has 0 amide bonds. The second-order valence-corrected chi connectivity index (χ2v) is 6.25. The average molecular weight is 362 g/mol. The molecule has 1 aromatic heterocycles. The monoisotopic (exact) mass is 360 g/mol. The van der Waals surface area contributed by atoms with E-state index in [4.69, 9.17) is 11.6 Å². The number of nitro benzene ring substituents is 1. The molecular formula is C12H10BrClN2O2S. The minimum absolute atomic E-state index is 0.0203. The SMILES string of the molecule is CC(Nc1cc(Cl)ccc1[N+](=O)[O-])c1cc(Br)cs1. The normalized spacial score (nSPS) is 12.2. The highest BCUT2D eigenvalue weighted by Crippen LogP contribution is 2.33. The molecule has 0 saturated heterocycles. The summed E-state index contributed by atoms with van der Waals surface area (Å²) in [7, 11) is 0. The molecule has 0 fully saturated rings. The first-order valence-corrected chi connectivity index (χ1v) is 7.47. The Balaban J connectivity index is 2.27. The molecule has 1 heterocycles. The number of hydrogen-bond acceptors (Lipinski definition) is 4. The average Bonchev–Trinajstić information content (AvgIpc) is 2.75. The summed E-state index contributed by atoms with van der Waals surface area (Å²) < 4.78 is 1.00. The summed E-state index contributed by atoms with van der Waals surface area (Å²) in [4.78, 5) is 11.6. The minimum atomic E-state index is -0.421. The van der Waals surface area contributed by atoms with Gasteiger partial charge in [0.1, 0.15) is 5.69 Å². The smallest absolute Gasteiger partial charge is 0.292 e. The molecule has 0 bridgehead atoms. The van der Waals surface area contributed by atoms with E-state index in [0.717, 1.165) is 9.35 Å². The number of anilines is 1. The van der Waals surface area contributed by atoms with Crippen LogP contribution in [0.5, 0.6) is 0 Å². The zero-order valence-electron chi connectivity index (χ0n) is 9.89. The number of benzene rings is 1. The fourth-order valence-electron chi connectivity index (χ4n) is 1.64. The molecule has 0 aliphatic heterocycles. The molecule has 1 unspecified atom stereocenters. The van der Waals surface area contributed by atoms with Crippen LogP contribution in [0.25, 0.3) is 0 Å². The topological polar surface area (TPSA) is 55.2 Å². The maximum Gasteiger partial charge on any atom is 0.292 e. The van der Waals surface area contributed by atoms with E-state index in [0.29, 0.717) is 10.7 Å². The quantitative estimate of drug-likeness (QED) is 0.598. The Morgan fingerprint density at radius 3 is 2.79 bits per heavy atom. The van der Waals surface area contributed by atoms with E-state index in [-0.39, 0.29) is 11.7 Å². The van der Waals surface area contributed by atoms with Gasteiger partial charge in [-0.15, -0.1) is 11.3 Å². The number of nitrogens with one attached hydrogen (secondary N) is 1. The number of nitro groups is 1. The fourth-order valence-corrected chi connectivity index (χ4v) is 3.27. The first kappa shape index (κ1) is 14.3. The highest BCUT2D eigenvalue weighted by molar-refractivity contribution is 9.10. The zero-order chi connectivity index (χ0) is 14.0. The number of rotatable bonds is 4. The van der Waals surface area contributed by atoms with Gasteiger partial charge in [-0.25, -0.2) is 0 Å². The summed E-state index contributed by atoms with van der Waals surface area (Å²) in [6, 6.07) is 6.43. The van der Waals surface area contributed by atoms with Crippen molar-refractivity contribution in [3.63, 3.8) is 0 Å². The predicted molar refractivity (Wildman–Crippen MR) is 82.2 cm³/mol. The molecule has 0 saturated carbocycles. The van der Waals surface area contributed by atoms with Crippen LogP contribution in [0.4, 0.5) is 11.4 Å². The van der Waals surface area contributed by atoms with E-state index < -0.39 is 4.92 Å². The van der Waals surface area contributed by atoms with Gasteiger partial charge in [-0.05, 0) is 41.1 Å². The van der Waals surface area contributed by atoms with Gasteiger partial charge >= 0.3 is 0 Å². The van der Waals surface area contributed by atoms with Gasteiger partial charge in [0.15, 0.2) is 0 Å². The maximum atomic E-state index is 11.0. The molecule has 0 radical (unpaired) electrons. The van der Waals surface area contributed by atoms with Crippen LogP contribution in [0.2, 0.25) is 5.02 Å². The van der Waals surface area contributed by atoms with Crippen LogP contribution in [0.15, 0.2) is 34.1 Å². The fraction of sp³-hybridized carbons (Fsp3) is 0.167. The Kier molecular flexibility index (Phi) is 4.44. The summed E-state index contributed by atoms with van der Waals surface area (Å²) in [5.41, 5.74) is 0.446. The van der Waals surface area contributed by atoms with Crippen LogP contribution in [-0.2, 0) is 0 Å². The predicted octanol–water partition coefficient (Wildman–Crippen LogP) is 5.25. The summed E-state index contributed by atoms with van der Waals surface area (Å²) in [6.45, 7) is 1.95. The van der Waals surface area contributed by atoms with E-state index in [1.807, 2.05) is 18.4 Å². The molecule has 4 nitrogen and oxygen atoms in total. The summed E-state index contributed by atoms with van der Waals surface area (Å²) in [5, 5.41) is 16.5. The number of hydrogen-bond donors (Lipinski definition) is 1. The van der Waals surface area contributed by atoms with E-state index in [1.54, 1.807) is 17.4 Å². The molecule has 7 heteroatoms. The molecule has 0 aliphatic carbocycles. The van der Waals surface area contributed by atoms with Gasteiger partial charge in [-0.2, -0.15) is 0 Å². The van der Waals surface area contributed by atoms with Crippen LogP contribution in [0.1, 0.15) is 17.8 Å². The number of thiophene rings is 1. The van der Waals surface area contributed by atoms with Gasteiger partial charge in [-0.1, -0.05) is 11.6 Å². The number of halogens is 2. The standard InChI is InChI=1S/C12H10BrClN2O2S/c1-7(12-4-8(13)6-19-12)15-10-5-9(14)2-3-11(10)16(17)18/h2-7,15H,1H3. The van der Waals surface area contributed by atoms with Crippen molar-refractivity contribution >= 4 is 50.2 Å². The van der Waals surface area contributed by atoms with Crippen LogP contribution in [0, 0.1) is 10.1 Å². The molecule has 100 valence electrons. The third-order valence-corrected chi connectivity index (χ3v) is 4.65. The van der Waals surface area contributed by atoms with Crippen LogP contribution in [0.3, 0.4) is 0 Å². The molecule has 0 spiro atoms. The van der Waals surface area contributed by atoms with E-state index in [1.165, 1.54) is 12.1 Å². The van der Waals surface area contributed by atoms with Gasteiger partial charge in [0, 0.05) is 25.8 Å². The lowest BCUT2D eigenvalue weighted by molar-refractivity contribution is -0.384. The van der Waals surface area contributed by atoms with Gasteiger partial charge < -0.3 is 5.32 Å². The molecule has 0 aliphatic rings. The first-order valence-electron chi connectivity index (χ1n) is 5.42. The molecule has 1 N–H and O–H groups in total. The second kappa shape index (κ2) is 5.90.